The Bertz CT molecular complexity index is 1570. The van der Waals surface area contributed by atoms with Crippen molar-refractivity contribution in [1.82, 2.24) is 0 Å². The number of anilines is 1. The second-order valence-corrected chi connectivity index (χ2v) is 9.43. The largest absolute Gasteiger partial charge is 0.378 e. The predicted octanol–water partition coefficient (Wildman–Crippen LogP) is 7.37. The van der Waals surface area contributed by atoms with E-state index in [1.54, 1.807) is 12.1 Å². The Morgan fingerprint density at radius 3 is 2.18 bits per heavy atom. The second-order valence-electron chi connectivity index (χ2n) is 9.43. The molecule has 1 N–H and O–H groups in total. The molecule has 1 heterocycles. The van der Waals surface area contributed by atoms with E-state index < -0.39 is 0 Å². The first-order chi connectivity index (χ1) is 16.7. The van der Waals surface area contributed by atoms with Crippen molar-refractivity contribution in [2.75, 3.05) is 5.32 Å². The summed E-state index contributed by atoms with van der Waals surface area (Å²) in [6, 6.07) is 33.5. The van der Waals surface area contributed by atoms with Crippen LogP contribution in [0.1, 0.15) is 34.2 Å². The third-order valence-corrected chi connectivity index (χ3v) is 7.72. The van der Waals surface area contributed by atoms with Gasteiger partial charge in [-0.2, -0.15) is 0 Å². The highest BCUT2D eigenvalue weighted by molar-refractivity contribution is 6.03. The van der Waals surface area contributed by atoms with Gasteiger partial charge >= 0.3 is 0 Å². The van der Waals surface area contributed by atoms with Crippen LogP contribution in [0, 0.1) is 16.0 Å². The molecule has 0 radical (unpaired) electrons. The molecular formula is C30H22N2O2. The standard InChI is InChI=1S/C30H22N2O2/c33-32(34)21-13-14-27-25(17-21)28-22-10-4-3-9-20(22)16-26(28)30(31-27)29-23-11-5-1-7-18(23)15-19-8-2-6-12-24(19)29/h1-15,17,26,28,30-31H,16H2/t26-,28+,30-/m1/s1. The lowest BCUT2D eigenvalue weighted by Crippen LogP contribution is -2.30. The van der Waals surface area contributed by atoms with E-state index in [0.29, 0.717) is 0 Å². The fourth-order valence-corrected chi connectivity index (χ4v) is 6.33. The van der Waals surface area contributed by atoms with Gasteiger partial charge in [-0.1, -0.05) is 72.8 Å². The van der Waals surface area contributed by atoms with E-state index in [-0.39, 0.29) is 28.5 Å². The molecule has 7 rings (SSSR count). The van der Waals surface area contributed by atoms with Gasteiger partial charge < -0.3 is 5.32 Å². The van der Waals surface area contributed by atoms with E-state index in [0.717, 1.165) is 17.7 Å². The second kappa shape index (κ2) is 7.16. The summed E-state index contributed by atoms with van der Waals surface area (Å²) in [7, 11) is 0. The Morgan fingerprint density at radius 1 is 0.765 bits per heavy atom. The van der Waals surface area contributed by atoms with Gasteiger partial charge in [0.15, 0.2) is 0 Å². The first-order valence-corrected chi connectivity index (χ1v) is 11.7. The Kier molecular flexibility index (Phi) is 4.06. The molecule has 3 atom stereocenters. The molecule has 0 bridgehead atoms. The van der Waals surface area contributed by atoms with E-state index in [1.807, 2.05) is 6.07 Å². The molecule has 34 heavy (non-hydrogen) atoms. The maximum atomic E-state index is 11.6. The summed E-state index contributed by atoms with van der Waals surface area (Å²) < 4.78 is 0. The Hall–Kier alpha value is -4.18. The highest BCUT2D eigenvalue weighted by Gasteiger charge is 2.44. The van der Waals surface area contributed by atoms with Gasteiger partial charge in [0, 0.05) is 23.7 Å². The summed E-state index contributed by atoms with van der Waals surface area (Å²) >= 11 is 0. The summed E-state index contributed by atoms with van der Waals surface area (Å²) in [4.78, 5) is 11.3. The van der Waals surface area contributed by atoms with E-state index >= 15 is 0 Å². The summed E-state index contributed by atoms with van der Waals surface area (Å²) in [6.45, 7) is 0. The molecule has 164 valence electrons. The highest BCUT2D eigenvalue weighted by Crippen LogP contribution is 2.55. The SMILES string of the molecule is O=[N+]([O-])c1ccc2c(c1)[C@@H]1c3ccccc3C[C@H]1[C@H](c1c3ccccc3cc3ccccc13)N2. The van der Waals surface area contributed by atoms with Crippen LogP contribution in [0.2, 0.25) is 0 Å². The molecule has 0 saturated carbocycles. The fourth-order valence-electron chi connectivity index (χ4n) is 6.33. The maximum absolute atomic E-state index is 11.6. The number of hydrogen-bond donors (Lipinski definition) is 1. The van der Waals surface area contributed by atoms with Gasteiger partial charge in [0.2, 0.25) is 0 Å². The lowest BCUT2D eigenvalue weighted by atomic mass is 9.74. The van der Waals surface area contributed by atoms with Crippen molar-refractivity contribution in [1.29, 1.82) is 0 Å². The lowest BCUT2D eigenvalue weighted by molar-refractivity contribution is -0.384. The van der Waals surface area contributed by atoms with Gasteiger partial charge in [-0.05, 0) is 68.3 Å². The molecule has 0 aromatic heterocycles. The lowest BCUT2D eigenvalue weighted by Gasteiger charge is -2.39. The topological polar surface area (TPSA) is 55.2 Å². The number of hydrogen-bond acceptors (Lipinski definition) is 3. The average molecular weight is 443 g/mol. The molecule has 5 aromatic carbocycles. The Labute approximate surface area is 197 Å². The first-order valence-electron chi connectivity index (χ1n) is 11.7. The van der Waals surface area contributed by atoms with Crippen LogP contribution in [0.15, 0.2) is 97.1 Å². The number of non-ortho nitro benzene ring substituents is 1. The van der Waals surface area contributed by atoms with E-state index in [1.165, 1.54) is 38.2 Å². The van der Waals surface area contributed by atoms with Crippen molar-refractivity contribution in [3.63, 3.8) is 0 Å². The zero-order valence-electron chi connectivity index (χ0n) is 18.4. The van der Waals surface area contributed by atoms with Crippen molar-refractivity contribution in [3.05, 3.63) is 129 Å². The summed E-state index contributed by atoms with van der Waals surface area (Å²) in [5.74, 6) is 0.385. The molecular weight excluding hydrogens is 420 g/mol. The summed E-state index contributed by atoms with van der Waals surface area (Å²) in [6.07, 6.45) is 0.943. The Morgan fingerprint density at radius 2 is 1.44 bits per heavy atom. The van der Waals surface area contributed by atoms with E-state index in [4.69, 9.17) is 0 Å². The molecule has 1 aliphatic carbocycles. The molecule has 2 aliphatic rings. The van der Waals surface area contributed by atoms with Gasteiger partial charge in [0.05, 0.1) is 11.0 Å². The third-order valence-electron chi connectivity index (χ3n) is 7.72. The van der Waals surface area contributed by atoms with Gasteiger partial charge in [-0.25, -0.2) is 0 Å². The van der Waals surface area contributed by atoms with Crippen molar-refractivity contribution < 1.29 is 4.92 Å². The van der Waals surface area contributed by atoms with Crippen LogP contribution in [0.4, 0.5) is 11.4 Å². The number of nitro benzene ring substituents is 1. The predicted molar refractivity (Wildman–Crippen MR) is 136 cm³/mol. The quantitative estimate of drug-likeness (QED) is 0.176. The van der Waals surface area contributed by atoms with Crippen LogP contribution in [0.3, 0.4) is 0 Å². The van der Waals surface area contributed by atoms with Crippen molar-refractivity contribution in [2.45, 2.75) is 18.4 Å². The van der Waals surface area contributed by atoms with Crippen LogP contribution in [-0.4, -0.2) is 4.92 Å². The smallest absolute Gasteiger partial charge is 0.269 e. The van der Waals surface area contributed by atoms with Crippen LogP contribution in [0.5, 0.6) is 0 Å². The summed E-state index contributed by atoms with van der Waals surface area (Å²) in [5.41, 5.74) is 6.13. The third kappa shape index (κ3) is 2.72. The Balaban J connectivity index is 1.52. The van der Waals surface area contributed by atoms with Crippen molar-refractivity contribution >= 4 is 32.9 Å². The normalized spacial score (nSPS) is 20.4. The highest BCUT2D eigenvalue weighted by atomic mass is 16.6. The van der Waals surface area contributed by atoms with Gasteiger partial charge in [0.1, 0.15) is 0 Å². The summed E-state index contributed by atoms with van der Waals surface area (Å²) in [5, 5.41) is 20.4. The maximum Gasteiger partial charge on any atom is 0.269 e. The van der Waals surface area contributed by atoms with Gasteiger partial charge in [-0.3, -0.25) is 10.1 Å². The average Bonchev–Trinajstić information content (AvgIpc) is 3.26. The minimum atomic E-state index is -0.291. The number of fused-ring (bicyclic) bond motifs is 7. The minimum absolute atomic E-state index is 0.0855. The number of nitro groups is 1. The van der Waals surface area contributed by atoms with Crippen LogP contribution in [0.25, 0.3) is 21.5 Å². The zero-order valence-corrected chi connectivity index (χ0v) is 18.4. The minimum Gasteiger partial charge on any atom is -0.378 e. The zero-order chi connectivity index (χ0) is 22.8. The number of nitrogens with one attached hydrogen (secondary N) is 1. The number of rotatable bonds is 2. The van der Waals surface area contributed by atoms with Crippen molar-refractivity contribution in [2.24, 2.45) is 5.92 Å². The van der Waals surface area contributed by atoms with E-state index in [9.17, 15) is 10.1 Å². The van der Waals surface area contributed by atoms with Crippen LogP contribution < -0.4 is 5.32 Å². The molecule has 4 nitrogen and oxygen atoms in total. The molecule has 0 spiro atoms. The van der Waals surface area contributed by atoms with Crippen molar-refractivity contribution in [3.8, 4) is 0 Å². The number of nitrogens with zero attached hydrogens (tertiary/aromatic N) is 1. The van der Waals surface area contributed by atoms with Gasteiger partial charge in [0.25, 0.3) is 5.69 Å². The molecule has 5 aromatic rings. The molecule has 0 unspecified atom stereocenters. The molecule has 1 aliphatic heterocycles. The molecule has 0 fully saturated rings. The van der Waals surface area contributed by atoms with E-state index in [2.05, 4.69) is 84.2 Å². The van der Waals surface area contributed by atoms with Crippen LogP contribution >= 0.6 is 0 Å². The van der Waals surface area contributed by atoms with Gasteiger partial charge in [-0.15, -0.1) is 0 Å². The molecule has 0 amide bonds. The fraction of sp³-hybridized carbons (Fsp3) is 0.133. The first kappa shape index (κ1) is 19.3. The monoisotopic (exact) mass is 442 g/mol. The van der Waals surface area contributed by atoms with Crippen LogP contribution in [-0.2, 0) is 6.42 Å². The molecule has 0 saturated heterocycles. The number of benzene rings is 5. The molecule has 4 heteroatoms.